The van der Waals surface area contributed by atoms with E-state index in [1.165, 1.54) is 17.2 Å². The van der Waals surface area contributed by atoms with Gasteiger partial charge in [0.15, 0.2) is 0 Å². The highest BCUT2D eigenvalue weighted by atomic mass is 19.4. The van der Waals surface area contributed by atoms with Gasteiger partial charge in [0.25, 0.3) is 0 Å². The van der Waals surface area contributed by atoms with Crippen LogP contribution in [0.5, 0.6) is 0 Å². The van der Waals surface area contributed by atoms with Gasteiger partial charge in [0.2, 0.25) is 0 Å². The van der Waals surface area contributed by atoms with Crippen LogP contribution < -0.4 is 4.90 Å². The molecule has 7 heteroatoms. The summed E-state index contributed by atoms with van der Waals surface area (Å²) in [6, 6.07) is 2.14. The molecule has 0 aromatic carbocycles. The highest BCUT2D eigenvalue weighted by Gasteiger charge is 2.35. The molecule has 0 aliphatic carbocycles. The van der Waals surface area contributed by atoms with Crippen molar-refractivity contribution in [3.05, 3.63) is 23.9 Å². The molecular weight excluding hydrogens is 249 g/mol. The van der Waals surface area contributed by atoms with E-state index < -0.39 is 17.7 Å². The molecule has 0 saturated heterocycles. The molecule has 0 amide bonds. The molecule has 0 radical (unpaired) electrons. The molecule has 0 aliphatic heterocycles. The van der Waals surface area contributed by atoms with Gasteiger partial charge < -0.3 is 10.0 Å². The summed E-state index contributed by atoms with van der Waals surface area (Å²) in [5, 5.41) is 8.56. The van der Waals surface area contributed by atoms with Gasteiger partial charge in [-0.3, -0.25) is 4.79 Å². The predicted molar refractivity (Wildman–Crippen MR) is 59.4 cm³/mol. The van der Waals surface area contributed by atoms with Crippen molar-refractivity contribution < 1.29 is 23.1 Å². The molecule has 100 valence electrons. The summed E-state index contributed by atoms with van der Waals surface area (Å²) in [4.78, 5) is 15.5. The molecule has 1 aromatic rings. The summed E-state index contributed by atoms with van der Waals surface area (Å²) in [5.41, 5.74) is -0.850. The summed E-state index contributed by atoms with van der Waals surface area (Å²) >= 11 is 0. The first-order chi connectivity index (χ1) is 8.36. The predicted octanol–water partition coefficient (Wildman–Crippen LogP) is 2.40. The minimum atomic E-state index is -4.50. The quantitative estimate of drug-likeness (QED) is 0.885. The third-order valence-electron chi connectivity index (χ3n) is 2.37. The van der Waals surface area contributed by atoms with Gasteiger partial charge >= 0.3 is 12.1 Å². The van der Waals surface area contributed by atoms with Crippen molar-refractivity contribution in [1.29, 1.82) is 0 Å². The largest absolute Gasteiger partial charge is 0.481 e. The first-order valence-electron chi connectivity index (χ1n) is 5.35. The number of alkyl halides is 3. The first kappa shape index (κ1) is 14.3. The van der Waals surface area contributed by atoms with E-state index in [4.69, 9.17) is 5.11 Å². The van der Waals surface area contributed by atoms with Crippen LogP contribution in [0.4, 0.5) is 19.0 Å². The fourth-order valence-electron chi connectivity index (χ4n) is 1.51. The summed E-state index contributed by atoms with van der Waals surface area (Å²) in [6.45, 7) is 1.90. The van der Waals surface area contributed by atoms with E-state index in [1.807, 2.05) is 0 Å². The van der Waals surface area contributed by atoms with E-state index in [2.05, 4.69) is 4.98 Å². The van der Waals surface area contributed by atoms with Crippen LogP contribution in [0.25, 0.3) is 0 Å². The fraction of sp³-hybridized carbons (Fsp3) is 0.455. The van der Waals surface area contributed by atoms with Crippen molar-refractivity contribution in [2.24, 2.45) is 0 Å². The summed E-state index contributed by atoms with van der Waals surface area (Å²) in [7, 11) is 0. The zero-order chi connectivity index (χ0) is 13.8. The first-order valence-corrected chi connectivity index (χ1v) is 5.35. The lowest BCUT2D eigenvalue weighted by Crippen LogP contribution is -2.29. The molecule has 0 spiro atoms. The second-order valence-corrected chi connectivity index (χ2v) is 3.60. The van der Waals surface area contributed by atoms with Crippen LogP contribution in [0, 0.1) is 0 Å². The van der Waals surface area contributed by atoms with Gasteiger partial charge in [-0.05, 0) is 19.1 Å². The molecule has 1 heterocycles. The van der Waals surface area contributed by atoms with Gasteiger partial charge in [-0.25, -0.2) is 4.98 Å². The van der Waals surface area contributed by atoms with E-state index in [0.29, 0.717) is 0 Å². The van der Waals surface area contributed by atoms with Crippen LogP contribution in [0.2, 0.25) is 0 Å². The fourth-order valence-corrected chi connectivity index (χ4v) is 1.51. The average Bonchev–Trinajstić information content (AvgIpc) is 2.29. The third-order valence-corrected chi connectivity index (χ3v) is 2.37. The lowest BCUT2D eigenvalue weighted by molar-refractivity contribution is -0.137. The Kier molecular flexibility index (Phi) is 4.52. The van der Waals surface area contributed by atoms with E-state index >= 15 is 0 Å². The number of pyridine rings is 1. The summed E-state index contributed by atoms with van der Waals surface area (Å²) < 4.78 is 38.3. The van der Waals surface area contributed by atoms with E-state index in [1.54, 1.807) is 6.92 Å². The molecule has 4 nitrogen and oxygen atoms in total. The maximum atomic E-state index is 12.8. The van der Waals surface area contributed by atoms with Crippen molar-refractivity contribution in [1.82, 2.24) is 4.98 Å². The number of hydrogen-bond acceptors (Lipinski definition) is 3. The highest BCUT2D eigenvalue weighted by molar-refractivity contribution is 5.67. The van der Waals surface area contributed by atoms with Crippen molar-refractivity contribution in [3.63, 3.8) is 0 Å². The zero-order valence-corrected chi connectivity index (χ0v) is 9.74. The number of hydrogen-bond donors (Lipinski definition) is 1. The lowest BCUT2D eigenvalue weighted by Gasteiger charge is -2.24. The minimum absolute atomic E-state index is 0.00801. The van der Waals surface area contributed by atoms with E-state index in [9.17, 15) is 18.0 Å². The number of halogens is 3. The van der Waals surface area contributed by atoms with Gasteiger partial charge in [-0.2, -0.15) is 13.2 Å². The molecule has 1 rings (SSSR count). The number of rotatable bonds is 5. The molecule has 1 aromatic heterocycles. The van der Waals surface area contributed by atoms with Gasteiger partial charge in [0.05, 0.1) is 12.0 Å². The van der Waals surface area contributed by atoms with Crippen molar-refractivity contribution in [2.45, 2.75) is 19.5 Å². The Balaban J connectivity index is 3.02. The summed E-state index contributed by atoms with van der Waals surface area (Å²) in [5.74, 6) is -1.29. The van der Waals surface area contributed by atoms with Crippen LogP contribution in [-0.4, -0.2) is 29.1 Å². The number of aliphatic carboxylic acids is 1. The molecular formula is C11H13F3N2O2. The molecule has 1 N–H and O–H groups in total. The third kappa shape index (κ3) is 3.61. The number of aromatic nitrogens is 1. The van der Waals surface area contributed by atoms with Crippen molar-refractivity contribution >= 4 is 11.8 Å². The second-order valence-electron chi connectivity index (χ2n) is 3.60. The number of carboxylic acid groups (broad SMARTS) is 1. The maximum absolute atomic E-state index is 12.8. The van der Waals surface area contributed by atoms with Gasteiger partial charge in [0.1, 0.15) is 5.82 Å². The average molecular weight is 262 g/mol. The van der Waals surface area contributed by atoms with Crippen LogP contribution in [-0.2, 0) is 11.0 Å². The van der Waals surface area contributed by atoms with Crippen LogP contribution in [0.15, 0.2) is 18.3 Å². The Morgan fingerprint density at radius 1 is 1.50 bits per heavy atom. The topological polar surface area (TPSA) is 53.4 Å². The number of nitrogens with zero attached hydrogens (tertiary/aromatic N) is 2. The highest BCUT2D eigenvalue weighted by Crippen LogP contribution is 2.34. The molecule has 0 saturated carbocycles. The molecule has 0 bridgehead atoms. The second kappa shape index (κ2) is 5.70. The Morgan fingerprint density at radius 2 is 2.17 bits per heavy atom. The lowest BCUT2D eigenvalue weighted by atomic mass is 10.2. The minimum Gasteiger partial charge on any atom is -0.481 e. The van der Waals surface area contributed by atoms with Gasteiger partial charge in [-0.1, -0.05) is 0 Å². The van der Waals surface area contributed by atoms with Crippen LogP contribution >= 0.6 is 0 Å². The molecule has 0 aliphatic rings. The number of carboxylic acids is 1. The zero-order valence-electron chi connectivity index (χ0n) is 9.74. The molecule has 0 fully saturated rings. The molecule has 0 unspecified atom stereocenters. The van der Waals surface area contributed by atoms with E-state index in [-0.39, 0.29) is 25.3 Å². The van der Waals surface area contributed by atoms with Gasteiger partial charge in [0, 0.05) is 19.3 Å². The number of carbonyl (C=O) groups is 1. The number of anilines is 1. The Labute approximate surface area is 102 Å². The Bertz CT molecular complexity index is 421. The Hall–Kier alpha value is -1.79. The van der Waals surface area contributed by atoms with Crippen LogP contribution in [0.1, 0.15) is 18.9 Å². The van der Waals surface area contributed by atoms with E-state index in [0.717, 1.165) is 6.07 Å². The van der Waals surface area contributed by atoms with Crippen LogP contribution in [0.3, 0.4) is 0 Å². The Morgan fingerprint density at radius 3 is 2.67 bits per heavy atom. The smallest absolute Gasteiger partial charge is 0.419 e. The van der Waals surface area contributed by atoms with Crippen molar-refractivity contribution in [3.8, 4) is 0 Å². The SMILES string of the molecule is CCN(CCC(=O)O)c1ncccc1C(F)(F)F. The van der Waals surface area contributed by atoms with Gasteiger partial charge in [-0.15, -0.1) is 0 Å². The monoisotopic (exact) mass is 262 g/mol. The summed E-state index contributed by atoms with van der Waals surface area (Å²) in [6.07, 6.45) is -3.48. The standard InChI is InChI=1S/C11H13F3N2O2/c1-2-16(7-5-9(17)18)10-8(11(12,13)14)4-3-6-15-10/h3-4,6H,2,5,7H2,1H3,(H,17,18). The molecule has 0 atom stereocenters. The maximum Gasteiger partial charge on any atom is 0.419 e. The normalized spacial score (nSPS) is 11.3. The van der Waals surface area contributed by atoms with Crippen molar-refractivity contribution in [2.75, 3.05) is 18.0 Å². The molecule has 18 heavy (non-hydrogen) atoms.